The Bertz CT molecular complexity index is 452. The SMILES string of the molecule is CCCCO[Si](CCCCSSCCCC[Si](OCCCC)(OCCCC)OCCCC)(OCCCC)OCCCC. The Hall–Kier alpha value is 0.894. The second-order valence-electron chi connectivity index (χ2n) is 11.1. The summed E-state index contributed by atoms with van der Waals surface area (Å²) in [6.07, 6.45) is 17.8. The maximum absolute atomic E-state index is 6.41. The minimum atomic E-state index is -2.60. The van der Waals surface area contributed by atoms with E-state index in [1.54, 1.807) is 0 Å². The van der Waals surface area contributed by atoms with Crippen molar-refractivity contribution < 1.29 is 26.6 Å². The van der Waals surface area contributed by atoms with Crippen molar-refractivity contribution in [1.82, 2.24) is 0 Å². The summed E-state index contributed by atoms with van der Waals surface area (Å²) in [5.74, 6) is 2.32. The number of hydrogen-bond acceptors (Lipinski definition) is 8. The van der Waals surface area contributed by atoms with Crippen molar-refractivity contribution in [1.29, 1.82) is 0 Å². The molecule has 0 bridgehead atoms. The molecule has 0 radical (unpaired) electrons. The Balaban J connectivity index is 4.57. The molecule has 0 fully saturated rings. The van der Waals surface area contributed by atoms with Gasteiger partial charge in [-0.3, -0.25) is 0 Å². The second-order valence-corrected chi connectivity index (χ2v) is 19.3. The second kappa shape index (κ2) is 31.9. The molecule has 0 aliphatic heterocycles. The van der Waals surface area contributed by atoms with Gasteiger partial charge < -0.3 is 26.6 Å². The lowest BCUT2D eigenvalue weighted by atomic mass is 10.4. The highest BCUT2D eigenvalue weighted by Gasteiger charge is 2.41. The van der Waals surface area contributed by atoms with Crippen LogP contribution in [-0.2, 0) is 26.6 Å². The first-order valence-electron chi connectivity index (χ1n) is 17.7. The predicted octanol–water partition coefficient (Wildman–Crippen LogP) is 10.7. The van der Waals surface area contributed by atoms with Crippen LogP contribution in [0.5, 0.6) is 0 Å². The molecule has 0 aliphatic rings. The van der Waals surface area contributed by atoms with Gasteiger partial charge in [-0.15, -0.1) is 0 Å². The van der Waals surface area contributed by atoms with Crippen LogP contribution in [-0.4, -0.2) is 68.8 Å². The van der Waals surface area contributed by atoms with E-state index in [9.17, 15) is 0 Å². The molecular weight excluding hydrogens is 601 g/mol. The summed E-state index contributed by atoms with van der Waals surface area (Å²) in [6, 6.07) is 1.88. The van der Waals surface area contributed by atoms with Gasteiger partial charge in [0.2, 0.25) is 0 Å². The van der Waals surface area contributed by atoms with Crippen LogP contribution >= 0.6 is 21.6 Å². The molecule has 0 saturated heterocycles. The third-order valence-electron chi connectivity index (χ3n) is 6.92. The molecule has 6 nitrogen and oxygen atoms in total. The van der Waals surface area contributed by atoms with Crippen LogP contribution in [0.25, 0.3) is 0 Å². The molecule has 0 saturated carbocycles. The van der Waals surface area contributed by atoms with Gasteiger partial charge in [0.05, 0.1) is 0 Å². The monoisotopic (exact) mass is 670 g/mol. The smallest absolute Gasteiger partial charge is 0.373 e. The summed E-state index contributed by atoms with van der Waals surface area (Å²) >= 11 is 0. The molecule has 42 heavy (non-hydrogen) atoms. The Morgan fingerprint density at radius 1 is 0.333 bits per heavy atom. The first-order valence-corrected chi connectivity index (χ1v) is 24.0. The molecule has 254 valence electrons. The lowest BCUT2D eigenvalue weighted by molar-refractivity contribution is 0.0551. The van der Waals surface area contributed by atoms with E-state index in [1.807, 2.05) is 21.6 Å². The standard InChI is InChI=1S/C32H70O6S2Si2/c1-7-13-23-33-41(34-24-14-8-2,35-25-15-9-3)31-21-19-29-39-40-30-20-22-32-42(36-26-16-10-4,37-27-17-11-5)38-28-18-12-6/h7-32H2,1-6H3. The van der Waals surface area contributed by atoms with E-state index >= 15 is 0 Å². The molecule has 0 N–H and O–H groups in total. The lowest BCUT2D eigenvalue weighted by Crippen LogP contribution is -2.46. The van der Waals surface area contributed by atoms with Crippen LogP contribution in [0.15, 0.2) is 0 Å². The largest absolute Gasteiger partial charge is 0.500 e. The van der Waals surface area contributed by atoms with Crippen molar-refractivity contribution in [2.45, 2.75) is 156 Å². The average Bonchev–Trinajstić information content (AvgIpc) is 2.99. The zero-order valence-corrected chi connectivity index (χ0v) is 32.3. The first-order chi connectivity index (χ1) is 20.6. The van der Waals surface area contributed by atoms with Crippen molar-refractivity contribution in [3.05, 3.63) is 0 Å². The van der Waals surface area contributed by atoms with Crippen LogP contribution in [0.2, 0.25) is 12.1 Å². The van der Waals surface area contributed by atoms with Crippen LogP contribution in [0.1, 0.15) is 144 Å². The maximum atomic E-state index is 6.41. The lowest BCUT2D eigenvalue weighted by Gasteiger charge is -2.30. The Morgan fingerprint density at radius 2 is 0.571 bits per heavy atom. The van der Waals surface area contributed by atoms with Crippen LogP contribution < -0.4 is 0 Å². The van der Waals surface area contributed by atoms with Gasteiger partial charge in [-0.2, -0.15) is 0 Å². The van der Waals surface area contributed by atoms with Crippen molar-refractivity contribution >= 4 is 39.2 Å². The summed E-state index contributed by atoms with van der Waals surface area (Å²) in [5.41, 5.74) is 0. The normalized spacial score (nSPS) is 12.4. The molecule has 0 atom stereocenters. The van der Waals surface area contributed by atoms with E-state index in [0.717, 1.165) is 153 Å². The molecule has 0 aromatic heterocycles. The van der Waals surface area contributed by atoms with Crippen LogP contribution in [0, 0.1) is 0 Å². The third-order valence-corrected chi connectivity index (χ3v) is 15.3. The van der Waals surface area contributed by atoms with Crippen molar-refractivity contribution in [3.63, 3.8) is 0 Å². The summed E-state index contributed by atoms with van der Waals surface area (Å²) in [6.45, 7) is 17.8. The van der Waals surface area contributed by atoms with E-state index in [0.29, 0.717) is 0 Å². The zero-order valence-electron chi connectivity index (χ0n) is 28.7. The summed E-state index contributed by atoms with van der Waals surface area (Å²) < 4.78 is 38.5. The summed E-state index contributed by atoms with van der Waals surface area (Å²) in [7, 11) is -1.18. The molecule has 0 aromatic rings. The molecule has 0 unspecified atom stereocenters. The van der Waals surface area contributed by atoms with Gasteiger partial charge in [0.25, 0.3) is 0 Å². The number of hydrogen-bond donors (Lipinski definition) is 0. The van der Waals surface area contributed by atoms with E-state index in [1.165, 1.54) is 12.8 Å². The highest BCUT2D eigenvalue weighted by molar-refractivity contribution is 8.76. The minimum absolute atomic E-state index is 0.757. The molecule has 0 amide bonds. The minimum Gasteiger partial charge on any atom is -0.373 e. The topological polar surface area (TPSA) is 55.4 Å². The molecule has 0 aliphatic carbocycles. The van der Waals surface area contributed by atoms with Gasteiger partial charge in [0.15, 0.2) is 0 Å². The van der Waals surface area contributed by atoms with Gasteiger partial charge in [0, 0.05) is 63.2 Å². The Labute approximate surface area is 272 Å². The highest BCUT2D eigenvalue weighted by atomic mass is 33.1. The fraction of sp³-hybridized carbons (Fsp3) is 1.00. The average molecular weight is 671 g/mol. The van der Waals surface area contributed by atoms with Gasteiger partial charge in [-0.25, -0.2) is 0 Å². The molecular formula is C32H70O6S2Si2. The van der Waals surface area contributed by atoms with Crippen LogP contribution in [0.4, 0.5) is 0 Å². The molecule has 10 heteroatoms. The van der Waals surface area contributed by atoms with Gasteiger partial charge in [-0.1, -0.05) is 102 Å². The van der Waals surface area contributed by atoms with Crippen molar-refractivity contribution in [2.24, 2.45) is 0 Å². The van der Waals surface area contributed by atoms with Gasteiger partial charge >= 0.3 is 17.6 Å². The fourth-order valence-electron chi connectivity index (χ4n) is 4.04. The summed E-state index contributed by atoms with van der Waals surface area (Å²) in [5, 5.41) is 0. The van der Waals surface area contributed by atoms with E-state index in [4.69, 9.17) is 26.6 Å². The van der Waals surface area contributed by atoms with Gasteiger partial charge in [0.1, 0.15) is 0 Å². The third kappa shape index (κ3) is 24.2. The molecule has 0 heterocycles. The van der Waals surface area contributed by atoms with E-state index in [2.05, 4.69) is 41.5 Å². The van der Waals surface area contributed by atoms with Crippen molar-refractivity contribution in [2.75, 3.05) is 51.1 Å². The first kappa shape index (κ1) is 42.9. The molecule has 0 aromatic carbocycles. The van der Waals surface area contributed by atoms with E-state index < -0.39 is 17.6 Å². The van der Waals surface area contributed by atoms with Gasteiger partial charge in [-0.05, 0) is 64.2 Å². The molecule has 0 rings (SSSR count). The number of rotatable bonds is 35. The Kier molecular flexibility index (Phi) is 32.5. The highest BCUT2D eigenvalue weighted by Crippen LogP contribution is 2.28. The van der Waals surface area contributed by atoms with Crippen molar-refractivity contribution in [3.8, 4) is 0 Å². The predicted molar refractivity (Wildman–Crippen MR) is 190 cm³/mol. The Morgan fingerprint density at radius 3 is 0.786 bits per heavy atom. The molecule has 0 spiro atoms. The fourth-order valence-corrected chi connectivity index (χ4v) is 11.8. The van der Waals surface area contributed by atoms with Crippen LogP contribution in [0.3, 0.4) is 0 Å². The zero-order chi connectivity index (χ0) is 31.0. The summed E-state index contributed by atoms with van der Waals surface area (Å²) in [4.78, 5) is 0. The quantitative estimate of drug-likeness (QED) is 0.0375. The van der Waals surface area contributed by atoms with E-state index in [-0.39, 0.29) is 0 Å². The number of unbranched alkanes of at least 4 members (excludes halogenated alkanes) is 8. The maximum Gasteiger partial charge on any atom is 0.500 e.